The fourth-order valence-corrected chi connectivity index (χ4v) is 5.49. The largest absolute Gasteiger partial charge is 0.490 e. The van der Waals surface area contributed by atoms with Gasteiger partial charge in [0, 0.05) is 6.42 Å². The van der Waals surface area contributed by atoms with E-state index in [-0.39, 0.29) is 11.2 Å². The minimum absolute atomic E-state index is 0.0494. The summed E-state index contributed by atoms with van der Waals surface area (Å²) in [5.41, 5.74) is 3.23. The molecule has 2 aromatic carbocycles. The van der Waals surface area contributed by atoms with Gasteiger partial charge in [-0.05, 0) is 60.7 Å². The number of ether oxygens (including phenoxy) is 1. The van der Waals surface area contributed by atoms with Crippen LogP contribution in [0.4, 0.5) is 5.13 Å². The predicted molar refractivity (Wildman–Crippen MR) is 141 cm³/mol. The van der Waals surface area contributed by atoms with Gasteiger partial charge < -0.3 is 9.15 Å². The maximum absolute atomic E-state index is 13.8. The predicted octanol–water partition coefficient (Wildman–Crippen LogP) is 5.77. The minimum Gasteiger partial charge on any atom is -0.490 e. The standard InChI is InChI=1S/C28H27N3O4S/c1-6-11-34-19-9-7-18(8-10-19)24-23-25(32)20-13-16(4)17(5)14-21(20)35-26(23)27(33)31(24)28-30-29-22(36-28)12-15(2)3/h6-10,13-15,24H,1,11-12H2,2-5H3. The van der Waals surface area contributed by atoms with Crippen LogP contribution in [-0.2, 0) is 6.42 Å². The van der Waals surface area contributed by atoms with Gasteiger partial charge in [-0.3, -0.25) is 14.5 Å². The number of fused-ring (bicyclic) bond motifs is 2. The summed E-state index contributed by atoms with van der Waals surface area (Å²) in [5, 5.41) is 10.4. The first-order chi connectivity index (χ1) is 17.3. The molecule has 1 amide bonds. The van der Waals surface area contributed by atoms with Gasteiger partial charge in [0.1, 0.15) is 22.9 Å². The first-order valence-corrected chi connectivity index (χ1v) is 12.7. The molecule has 2 aromatic heterocycles. The van der Waals surface area contributed by atoms with Gasteiger partial charge in [0.2, 0.25) is 10.9 Å². The molecule has 0 radical (unpaired) electrons. The SMILES string of the molecule is C=CCOc1ccc(C2c3c(oc4cc(C)c(C)cc4c3=O)C(=O)N2c2nnc(CC(C)C)s2)cc1. The van der Waals surface area contributed by atoms with Crippen LogP contribution in [0.3, 0.4) is 0 Å². The maximum Gasteiger partial charge on any atom is 0.297 e. The van der Waals surface area contributed by atoms with Crippen LogP contribution in [-0.4, -0.2) is 22.7 Å². The van der Waals surface area contributed by atoms with E-state index in [0.717, 1.165) is 28.1 Å². The number of aryl methyl sites for hydroxylation is 2. The first kappa shape index (κ1) is 23.9. The number of rotatable bonds is 7. The molecule has 1 atom stereocenters. The number of nitrogens with zero attached hydrogens (tertiary/aromatic N) is 3. The molecule has 0 spiro atoms. The van der Waals surface area contributed by atoms with Crippen molar-refractivity contribution < 1.29 is 13.9 Å². The lowest BCUT2D eigenvalue weighted by Crippen LogP contribution is -2.29. The minimum atomic E-state index is -0.692. The molecule has 0 aliphatic carbocycles. The molecule has 36 heavy (non-hydrogen) atoms. The molecule has 0 saturated heterocycles. The Hall–Kier alpha value is -3.78. The van der Waals surface area contributed by atoms with E-state index in [4.69, 9.17) is 9.15 Å². The van der Waals surface area contributed by atoms with Crippen molar-refractivity contribution in [1.82, 2.24) is 10.2 Å². The molecule has 184 valence electrons. The lowest BCUT2D eigenvalue weighted by Gasteiger charge is -2.22. The van der Waals surface area contributed by atoms with E-state index in [2.05, 4.69) is 30.6 Å². The van der Waals surface area contributed by atoms with Gasteiger partial charge in [0.05, 0.1) is 17.0 Å². The van der Waals surface area contributed by atoms with Gasteiger partial charge in [-0.25, -0.2) is 0 Å². The Morgan fingerprint density at radius 3 is 2.56 bits per heavy atom. The van der Waals surface area contributed by atoms with Crippen molar-refractivity contribution in [2.75, 3.05) is 11.5 Å². The zero-order valence-electron chi connectivity index (χ0n) is 20.7. The third-order valence-corrected chi connectivity index (χ3v) is 7.24. The summed E-state index contributed by atoms with van der Waals surface area (Å²) in [7, 11) is 0. The second kappa shape index (κ2) is 9.35. The quantitative estimate of drug-likeness (QED) is 0.299. The molecule has 0 N–H and O–H groups in total. The number of aromatic nitrogens is 2. The maximum atomic E-state index is 13.8. The molecule has 0 fully saturated rings. The molecule has 0 bridgehead atoms. The summed E-state index contributed by atoms with van der Waals surface area (Å²) in [6, 6.07) is 10.3. The Morgan fingerprint density at radius 2 is 1.86 bits per heavy atom. The molecule has 0 saturated carbocycles. The van der Waals surface area contributed by atoms with Gasteiger partial charge in [0.15, 0.2) is 5.43 Å². The Morgan fingerprint density at radius 1 is 1.14 bits per heavy atom. The summed E-state index contributed by atoms with van der Waals surface area (Å²) in [4.78, 5) is 29.1. The highest BCUT2D eigenvalue weighted by atomic mass is 32.1. The van der Waals surface area contributed by atoms with Crippen LogP contribution in [0.25, 0.3) is 11.0 Å². The topological polar surface area (TPSA) is 85.5 Å². The van der Waals surface area contributed by atoms with Crippen molar-refractivity contribution in [3.8, 4) is 5.75 Å². The average Bonchev–Trinajstić information content (AvgIpc) is 3.41. The fourth-order valence-electron chi connectivity index (χ4n) is 4.42. The lowest BCUT2D eigenvalue weighted by atomic mass is 9.97. The number of hydrogen-bond acceptors (Lipinski definition) is 7. The second-order valence-corrected chi connectivity index (χ2v) is 10.5. The number of anilines is 1. The average molecular weight is 502 g/mol. The summed E-state index contributed by atoms with van der Waals surface area (Å²) >= 11 is 1.36. The van der Waals surface area contributed by atoms with Crippen molar-refractivity contribution >= 4 is 33.3 Å². The molecular weight excluding hydrogens is 474 g/mol. The number of carbonyl (C=O) groups excluding carboxylic acids is 1. The molecule has 7 nitrogen and oxygen atoms in total. The molecule has 1 aliphatic rings. The molecule has 1 unspecified atom stereocenters. The van der Waals surface area contributed by atoms with Crippen molar-refractivity contribution in [3.05, 3.63) is 92.3 Å². The van der Waals surface area contributed by atoms with E-state index < -0.39 is 11.9 Å². The van der Waals surface area contributed by atoms with E-state index in [0.29, 0.717) is 39.9 Å². The van der Waals surface area contributed by atoms with Crippen LogP contribution in [0.5, 0.6) is 5.75 Å². The Labute approximate surface area is 213 Å². The van der Waals surface area contributed by atoms with E-state index in [9.17, 15) is 9.59 Å². The van der Waals surface area contributed by atoms with E-state index in [1.165, 1.54) is 16.2 Å². The lowest BCUT2D eigenvalue weighted by molar-refractivity contribution is 0.0970. The monoisotopic (exact) mass is 501 g/mol. The molecule has 3 heterocycles. The van der Waals surface area contributed by atoms with E-state index >= 15 is 0 Å². The third kappa shape index (κ3) is 4.11. The highest BCUT2D eigenvalue weighted by Gasteiger charge is 2.45. The van der Waals surface area contributed by atoms with Crippen LogP contribution < -0.4 is 15.1 Å². The number of amides is 1. The molecular formula is C28H27N3O4S. The molecule has 5 rings (SSSR count). The summed E-state index contributed by atoms with van der Waals surface area (Å²) < 4.78 is 11.7. The van der Waals surface area contributed by atoms with Crippen molar-refractivity contribution in [1.29, 1.82) is 0 Å². The Kier molecular flexibility index (Phi) is 6.22. The number of benzene rings is 2. The van der Waals surface area contributed by atoms with Gasteiger partial charge in [-0.1, -0.05) is 50.0 Å². The zero-order valence-corrected chi connectivity index (χ0v) is 21.5. The summed E-state index contributed by atoms with van der Waals surface area (Å²) in [6.45, 7) is 12.2. The van der Waals surface area contributed by atoms with Crippen LogP contribution in [0, 0.1) is 19.8 Å². The molecule has 1 aliphatic heterocycles. The number of carbonyl (C=O) groups is 1. The van der Waals surface area contributed by atoms with Gasteiger partial charge in [0.25, 0.3) is 5.91 Å². The third-order valence-electron chi connectivity index (χ3n) is 6.30. The van der Waals surface area contributed by atoms with Crippen molar-refractivity contribution in [2.24, 2.45) is 5.92 Å². The second-order valence-electron chi connectivity index (χ2n) is 9.43. The Balaban J connectivity index is 1.69. The summed E-state index contributed by atoms with van der Waals surface area (Å²) in [6.07, 6.45) is 2.43. The highest BCUT2D eigenvalue weighted by molar-refractivity contribution is 7.15. The van der Waals surface area contributed by atoms with Gasteiger partial charge in [-0.15, -0.1) is 10.2 Å². The van der Waals surface area contributed by atoms with Crippen molar-refractivity contribution in [2.45, 2.75) is 40.2 Å². The van der Waals surface area contributed by atoms with Crippen molar-refractivity contribution in [3.63, 3.8) is 0 Å². The van der Waals surface area contributed by atoms with E-state index in [1.807, 2.05) is 50.2 Å². The smallest absolute Gasteiger partial charge is 0.297 e. The fraction of sp³-hybridized carbons (Fsp3) is 0.286. The summed E-state index contributed by atoms with van der Waals surface area (Å²) in [5.74, 6) is 0.720. The van der Waals surface area contributed by atoms with Crippen LogP contribution >= 0.6 is 11.3 Å². The normalized spacial score (nSPS) is 15.1. The zero-order chi connectivity index (χ0) is 25.6. The first-order valence-electron chi connectivity index (χ1n) is 11.9. The number of hydrogen-bond donors (Lipinski definition) is 0. The molecule has 4 aromatic rings. The van der Waals surface area contributed by atoms with E-state index in [1.54, 1.807) is 6.08 Å². The molecule has 8 heteroatoms. The van der Waals surface area contributed by atoms with Crippen LogP contribution in [0.15, 0.2) is 58.3 Å². The van der Waals surface area contributed by atoms with Crippen LogP contribution in [0.1, 0.15) is 57.7 Å². The van der Waals surface area contributed by atoms with Crippen LogP contribution in [0.2, 0.25) is 0 Å². The Bertz CT molecular complexity index is 1540. The highest BCUT2D eigenvalue weighted by Crippen LogP contribution is 2.42. The van der Waals surface area contributed by atoms with Gasteiger partial charge in [-0.2, -0.15) is 0 Å². The van der Waals surface area contributed by atoms with Gasteiger partial charge >= 0.3 is 0 Å².